The van der Waals surface area contributed by atoms with Gasteiger partial charge in [0, 0.05) is 22.2 Å². The molecule has 150 valence electrons. The van der Waals surface area contributed by atoms with Crippen molar-refractivity contribution in [1.82, 2.24) is 0 Å². The fourth-order valence-corrected chi connectivity index (χ4v) is 3.45. The molecule has 0 atom stereocenters. The van der Waals surface area contributed by atoms with Crippen LogP contribution in [0.4, 0.5) is 11.4 Å². The smallest absolute Gasteiger partial charge is 0.280 e. The quantitative estimate of drug-likeness (QED) is 0.254. The van der Waals surface area contributed by atoms with E-state index >= 15 is 0 Å². The number of hydrazone groups is 1. The van der Waals surface area contributed by atoms with E-state index in [1.54, 1.807) is 37.3 Å². The minimum absolute atomic E-state index is 0.0928. The van der Waals surface area contributed by atoms with Crippen LogP contribution in [-0.4, -0.2) is 16.5 Å². The molecule has 0 unspecified atom stereocenters. The molecule has 0 fully saturated rings. The Bertz CT molecular complexity index is 1230. The van der Waals surface area contributed by atoms with Crippen LogP contribution in [0, 0.1) is 10.1 Å². The molecule has 7 nitrogen and oxygen atoms in total. The van der Waals surface area contributed by atoms with Gasteiger partial charge in [-0.25, -0.2) is 0 Å². The highest BCUT2D eigenvalue weighted by Crippen LogP contribution is 2.33. The Morgan fingerprint density at radius 3 is 2.60 bits per heavy atom. The fourth-order valence-electron chi connectivity index (χ4n) is 2.97. The third-order valence-electron chi connectivity index (χ3n) is 4.47. The molecule has 0 saturated heterocycles. The highest BCUT2D eigenvalue weighted by molar-refractivity contribution is 9.10. The molecule has 3 aromatic rings. The van der Waals surface area contributed by atoms with Gasteiger partial charge in [0.05, 0.1) is 26.9 Å². The molecule has 0 bridgehead atoms. The van der Waals surface area contributed by atoms with E-state index in [2.05, 4.69) is 21.0 Å². The number of hydrogen-bond donors (Lipinski definition) is 0. The van der Waals surface area contributed by atoms with E-state index in [-0.39, 0.29) is 11.6 Å². The number of hydrogen-bond acceptors (Lipinski definition) is 5. The van der Waals surface area contributed by atoms with Crippen LogP contribution in [0.1, 0.15) is 12.7 Å². The van der Waals surface area contributed by atoms with E-state index in [1.807, 2.05) is 12.1 Å². The number of anilines is 1. The number of nitro groups is 1. The maximum absolute atomic E-state index is 12.8. The molecular weight excluding hydrogens is 474 g/mol. The van der Waals surface area contributed by atoms with E-state index in [4.69, 9.17) is 16.0 Å². The number of nitrogens with zero attached hydrogens (tertiary/aromatic N) is 3. The van der Waals surface area contributed by atoms with E-state index < -0.39 is 4.92 Å². The van der Waals surface area contributed by atoms with Crippen LogP contribution in [0.3, 0.4) is 0 Å². The zero-order valence-electron chi connectivity index (χ0n) is 15.5. The van der Waals surface area contributed by atoms with Crippen LogP contribution in [0.5, 0.6) is 0 Å². The first-order valence-electron chi connectivity index (χ1n) is 8.75. The summed E-state index contributed by atoms with van der Waals surface area (Å²) >= 11 is 9.54. The first-order chi connectivity index (χ1) is 14.3. The Hall–Kier alpha value is -3.23. The van der Waals surface area contributed by atoms with Crippen molar-refractivity contribution >= 4 is 56.6 Å². The van der Waals surface area contributed by atoms with Crippen LogP contribution in [0.25, 0.3) is 17.4 Å². The van der Waals surface area contributed by atoms with E-state index in [9.17, 15) is 14.9 Å². The fraction of sp³-hybridized carbons (Fsp3) is 0.0476. The molecule has 9 heteroatoms. The van der Waals surface area contributed by atoms with Gasteiger partial charge >= 0.3 is 0 Å². The highest BCUT2D eigenvalue weighted by atomic mass is 79.9. The van der Waals surface area contributed by atoms with Crippen molar-refractivity contribution in [1.29, 1.82) is 0 Å². The molecule has 0 saturated carbocycles. The van der Waals surface area contributed by atoms with Gasteiger partial charge in [-0.3, -0.25) is 14.9 Å². The first-order valence-corrected chi connectivity index (χ1v) is 9.92. The maximum atomic E-state index is 12.8. The summed E-state index contributed by atoms with van der Waals surface area (Å²) in [7, 11) is 0. The molecule has 2 heterocycles. The third-order valence-corrected chi connectivity index (χ3v) is 5.33. The number of rotatable bonds is 4. The third kappa shape index (κ3) is 3.79. The topological polar surface area (TPSA) is 89.0 Å². The van der Waals surface area contributed by atoms with E-state index in [0.29, 0.717) is 39.1 Å². The molecule has 1 amide bonds. The maximum Gasteiger partial charge on any atom is 0.280 e. The van der Waals surface area contributed by atoms with Crippen molar-refractivity contribution in [2.24, 2.45) is 5.10 Å². The number of furan rings is 1. The van der Waals surface area contributed by atoms with Crippen molar-refractivity contribution in [3.63, 3.8) is 0 Å². The van der Waals surface area contributed by atoms with Crippen molar-refractivity contribution in [3.05, 3.63) is 85.5 Å². The molecule has 4 rings (SSSR count). The molecule has 1 aliphatic heterocycles. The summed E-state index contributed by atoms with van der Waals surface area (Å²) in [6.07, 6.45) is 1.59. The standard InChI is InChI=1S/C21H13BrClN3O4/c1-12-17(21(27)25(24-12)14-4-2-13(22)3-5-14)11-16-7-9-20(30-16)18-10-15(26(28)29)6-8-19(18)23/h2-11H,1H3/b17-11+. The van der Waals surface area contributed by atoms with Gasteiger partial charge in [-0.1, -0.05) is 27.5 Å². The van der Waals surface area contributed by atoms with Gasteiger partial charge in [0.25, 0.3) is 11.6 Å². The molecule has 2 aromatic carbocycles. The molecule has 0 N–H and O–H groups in total. The lowest BCUT2D eigenvalue weighted by atomic mass is 10.1. The Labute approximate surface area is 184 Å². The average Bonchev–Trinajstić information content (AvgIpc) is 3.29. The van der Waals surface area contributed by atoms with E-state index in [1.165, 1.54) is 23.2 Å². The zero-order valence-corrected chi connectivity index (χ0v) is 17.8. The lowest BCUT2D eigenvalue weighted by Crippen LogP contribution is -2.21. The van der Waals surface area contributed by atoms with Gasteiger partial charge in [-0.2, -0.15) is 10.1 Å². The predicted octanol–water partition coefficient (Wildman–Crippen LogP) is 6.08. The van der Waals surface area contributed by atoms with Gasteiger partial charge in [-0.05, 0) is 55.5 Å². The number of halogens is 2. The highest BCUT2D eigenvalue weighted by Gasteiger charge is 2.29. The van der Waals surface area contributed by atoms with Gasteiger partial charge < -0.3 is 4.42 Å². The van der Waals surface area contributed by atoms with Gasteiger partial charge in [0.1, 0.15) is 11.5 Å². The minimum Gasteiger partial charge on any atom is -0.457 e. The average molecular weight is 487 g/mol. The Balaban J connectivity index is 1.64. The monoisotopic (exact) mass is 485 g/mol. The van der Waals surface area contributed by atoms with Gasteiger partial charge in [0.15, 0.2) is 0 Å². The Kier molecular flexibility index (Phi) is 5.27. The second-order valence-electron chi connectivity index (χ2n) is 6.46. The summed E-state index contributed by atoms with van der Waals surface area (Å²) in [5.74, 6) is 0.490. The summed E-state index contributed by atoms with van der Waals surface area (Å²) in [5.41, 5.74) is 1.90. The second kappa shape index (κ2) is 7.89. The summed E-state index contributed by atoms with van der Waals surface area (Å²) in [5, 5.41) is 17.0. The Morgan fingerprint density at radius 2 is 1.90 bits per heavy atom. The van der Waals surface area contributed by atoms with Crippen LogP contribution < -0.4 is 5.01 Å². The Morgan fingerprint density at radius 1 is 1.17 bits per heavy atom. The van der Waals surface area contributed by atoms with Crippen LogP contribution in [0.15, 0.2) is 74.2 Å². The predicted molar refractivity (Wildman–Crippen MR) is 119 cm³/mol. The molecule has 0 aliphatic carbocycles. The zero-order chi connectivity index (χ0) is 21.4. The number of carbonyl (C=O) groups is 1. The van der Waals surface area contributed by atoms with Crippen molar-refractivity contribution in [3.8, 4) is 11.3 Å². The molecular formula is C21H13BrClN3O4. The first kappa shape index (κ1) is 20.1. The van der Waals surface area contributed by atoms with Crippen molar-refractivity contribution in [2.75, 3.05) is 5.01 Å². The lowest BCUT2D eigenvalue weighted by molar-refractivity contribution is -0.384. The number of benzene rings is 2. The van der Waals surface area contributed by atoms with Crippen molar-refractivity contribution < 1.29 is 14.1 Å². The summed E-state index contributed by atoms with van der Waals surface area (Å²) in [6.45, 7) is 1.74. The second-order valence-corrected chi connectivity index (χ2v) is 7.78. The lowest BCUT2D eigenvalue weighted by Gasteiger charge is -2.11. The van der Waals surface area contributed by atoms with Crippen LogP contribution >= 0.6 is 27.5 Å². The number of nitro benzene ring substituents is 1. The van der Waals surface area contributed by atoms with Gasteiger partial charge in [-0.15, -0.1) is 0 Å². The summed E-state index contributed by atoms with van der Waals surface area (Å²) in [6, 6.07) is 14.7. The molecule has 0 spiro atoms. The SMILES string of the molecule is CC1=NN(c2ccc(Br)cc2)C(=O)/C1=C/c1ccc(-c2cc([N+](=O)[O-])ccc2Cl)o1. The largest absolute Gasteiger partial charge is 0.457 e. The number of amides is 1. The number of non-ortho nitro benzene ring substituents is 1. The number of carbonyl (C=O) groups excluding carboxylic acids is 1. The van der Waals surface area contributed by atoms with Crippen molar-refractivity contribution in [2.45, 2.75) is 6.92 Å². The molecule has 1 aliphatic rings. The van der Waals surface area contributed by atoms with Crippen LogP contribution in [0.2, 0.25) is 5.02 Å². The van der Waals surface area contributed by atoms with Gasteiger partial charge in [0.2, 0.25) is 0 Å². The molecule has 30 heavy (non-hydrogen) atoms. The molecule has 0 radical (unpaired) electrons. The molecule has 1 aromatic heterocycles. The normalized spacial score (nSPS) is 15.0. The van der Waals surface area contributed by atoms with Crippen LogP contribution in [-0.2, 0) is 4.79 Å². The summed E-state index contributed by atoms with van der Waals surface area (Å²) in [4.78, 5) is 23.4. The minimum atomic E-state index is -0.501. The van der Waals surface area contributed by atoms with E-state index in [0.717, 1.165) is 4.47 Å². The summed E-state index contributed by atoms with van der Waals surface area (Å²) < 4.78 is 6.69.